The molecule has 28 heavy (non-hydrogen) atoms. The Morgan fingerprint density at radius 2 is 1.79 bits per heavy atom. The molecule has 0 bridgehead atoms. The smallest absolute Gasteiger partial charge is 0.273 e. The Hall–Kier alpha value is -1.87. The van der Waals surface area contributed by atoms with E-state index in [1.165, 1.54) is 9.21 Å². The highest BCUT2D eigenvalue weighted by molar-refractivity contribution is 8.14. The van der Waals surface area contributed by atoms with Crippen molar-refractivity contribution < 1.29 is 18.0 Å². The van der Waals surface area contributed by atoms with E-state index in [1.807, 2.05) is 18.2 Å². The summed E-state index contributed by atoms with van der Waals surface area (Å²) in [5.74, 6) is -0.116. The lowest BCUT2D eigenvalue weighted by Crippen LogP contribution is -2.41. The predicted molar refractivity (Wildman–Crippen MR) is 109 cm³/mol. The van der Waals surface area contributed by atoms with E-state index in [1.54, 1.807) is 30.3 Å². The Bertz CT molecular complexity index is 1020. The van der Waals surface area contributed by atoms with Crippen molar-refractivity contribution in [1.29, 1.82) is 0 Å². The molecule has 0 aliphatic carbocycles. The standard InChI is InChI=1S/C19H17ClN2O4S2/c20-15-6-4-13(5-7-15)14-2-1-3-17(10-14)28(25,26)21-9-8-16(11-21)22-18(23)12-27-19(22)24/h1-7,10,16H,8-9,11-12H2. The van der Waals surface area contributed by atoms with E-state index in [0.717, 1.165) is 22.9 Å². The van der Waals surface area contributed by atoms with Crippen LogP contribution >= 0.6 is 23.4 Å². The summed E-state index contributed by atoms with van der Waals surface area (Å²) in [7, 11) is -3.72. The van der Waals surface area contributed by atoms with Gasteiger partial charge in [-0.1, -0.05) is 47.6 Å². The summed E-state index contributed by atoms with van der Waals surface area (Å²) in [5.41, 5.74) is 1.64. The number of rotatable bonds is 4. The Morgan fingerprint density at radius 3 is 2.46 bits per heavy atom. The van der Waals surface area contributed by atoms with Crippen molar-refractivity contribution in [2.45, 2.75) is 17.4 Å². The Balaban J connectivity index is 1.57. The molecule has 2 fully saturated rings. The quantitative estimate of drug-likeness (QED) is 0.733. The first-order chi connectivity index (χ1) is 13.4. The van der Waals surface area contributed by atoms with Gasteiger partial charge in [0.05, 0.1) is 16.7 Å². The maximum absolute atomic E-state index is 13.1. The maximum atomic E-state index is 13.1. The predicted octanol–water partition coefficient (Wildman–Crippen LogP) is 3.47. The minimum Gasteiger partial charge on any atom is -0.273 e. The van der Waals surface area contributed by atoms with E-state index in [0.29, 0.717) is 11.4 Å². The monoisotopic (exact) mass is 436 g/mol. The van der Waals surface area contributed by atoms with E-state index >= 15 is 0 Å². The van der Waals surface area contributed by atoms with Gasteiger partial charge in [0.1, 0.15) is 0 Å². The Morgan fingerprint density at radius 1 is 1.04 bits per heavy atom. The molecule has 0 spiro atoms. The molecule has 2 heterocycles. The number of hydrogen-bond acceptors (Lipinski definition) is 5. The summed E-state index contributed by atoms with van der Waals surface area (Å²) in [6.07, 6.45) is 0.453. The molecule has 0 N–H and O–H groups in total. The number of imide groups is 1. The van der Waals surface area contributed by atoms with E-state index in [4.69, 9.17) is 11.6 Å². The van der Waals surface area contributed by atoms with E-state index in [9.17, 15) is 18.0 Å². The minimum absolute atomic E-state index is 0.130. The highest BCUT2D eigenvalue weighted by Gasteiger charge is 2.42. The number of carbonyl (C=O) groups is 2. The van der Waals surface area contributed by atoms with Crippen molar-refractivity contribution in [2.75, 3.05) is 18.8 Å². The van der Waals surface area contributed by atoms with Gasteiger partial charge in [0.2, 0.25) is 15.9 Å². The normalized spacial score (nSPS) is 20.9. The highest BCUT2D eigenvalue weighted by Crippen LogP contribution is 2.30. The van der Waals surface area contributed by atoms with Gasteiger partial charge >= 0.3 is 0 Å². The second kappa shape index (κ2) is 7.51. The van der Waals surface area contributed by atoms with Gasteiger partial charge in [0, 0.05) is 18.1 Å². The third kappa shape index (κ3) is 3.57. The fourth-order valence-corrected chi connectivity index (χ4v) is 5.92. The first-order valence-corrected chi connectivity index (χ1v) is 11.5. The summed E-state index contributed by atoms with van der Waals surface area (Å²) in [6, 6.07) is 13.5. The number of halogens is 1. The lowest BCUT2D eigenvalue weighted by molar-refractivity contribution is -0.126. The molecule has 6 nitrogen and oxygen atoms in total. The van der Waals surface area contributed by atoms with Gasteiger partial charge in [-0.3, -0.25) is 14.5 Å². The fraction of sp³-hybridized carbons (Fsp3) is 0.263. The summed E-state index contributed by atoms with van der Waals surface area (Å²) in [4.78, 5) is 25.2. The number of amides is 2. The minimum atomic E-state index is -3.72. The number of sulfonamides is 1. The average molecular weight is 437 g/mol. The SMILES string of the molecule is O=C1CSC(=O)N1C1CCN(S(=O)(=O)c2cccc(-c3ccc(Cl)cc3)c2)C1. The molecule has 146 valence electrons. The summed E-state index contributed by atoms with van der Waals surface area (Å²) < 4.78 is 27.6. The van der Waals surface area contributed by atoms with Gasteiger partial charge in [-0.2, -0.15) is 4.31 Å². The van der Waals surface area contributed by atoms with Gasteiger partial charge in [0.25, 0.3) is 5.24 Å². The van der Waals surface area contributed by atoms with Crippen LogP contribution in [0.2, 0.25) is 5.02 Å². The van der Waals surface area contributed by atoms with Crippen molar-refractivity contribution in [2.24, 2.45) is 0 Å². The molecular formula is C19H17ClN2O4S2. The number of benzene rings is 2. The summed E-state index contributed by atoms with van der Waals surface area (Å²) >= 11 is 6.89. The third-order valence-corrected chi connectivity index (χ3v) is 7.87. The van der Waals surface area contributed by atoms with Crippen LogP contribution in [0.5, 0.6) is 0 Å². The molecule has 4 rings (SSSR count). The fourth-order valence-electron chi connectivity index (χ4n) is 3.48. The zero-order valence-corrected chi connectivity index (χ0v) is 17.1. The summed E-state index contributed by atoms with van der Waals surface area (Å²) in [5, 5.41) is 0.318. The molecule has 0 saturated carbocycles. The second-order valence-electron chi connectivity index (χ2n) is 6.66. The van der Waals surface area contributed by atoms with Crippen molar-refractivity contribution in [3.8, 4) is 11.1 Å². The number of hydrogen-bond donors (Lipinski definition) is 0. The Kier molecular flexibility index (Phi) is 5.22. The maximum Gasteiger partial charge on any atom is 0.289 e. The van der Waals surface area contributed by atoms with E-state index in [-0.39, 0.29) is 34.9 Å². The molecule has 2 aliphatic heterocycles. The van der Waals surface area contributed by atoms with Gasteiger partial charge in [-0.05, 0) is 41.8 Å². The molecule has 2 aromatic rings. The molecule has 2 saturated heterocycles. The van der Waals surface area contributed by atoms with Crippen LogP contribution in [0.4, 0.5) is 4.79 Å². The molecule has 2 amide bonds. The number of carbonyl (C=O) groups excluding carboxylic acids is 2. The number of nitrogens with zero attached hydrogens (tertiary/aromatic N) is 2. The van der Waals surface area contributed by atoms with E-state index in [2.05, 4.69) is 0 Å². The topological polar surface area (TPSA) is 74.8 Å². The lowest BCUT2D eigenvalue weighted by atomic mass is 10.1. The van der Waals surface area contributed by atoms with E-state index < -0.39 is 16.1 Å². The molecule has 0 aromatic heterocycles. The highest BCUT2D eigenvalue weighted by atomic mass is 35.5. The van der Waals surface area contributed by atoms with Crippen LogP contribution in [0.15, 0.2) is 53.4 Å². The molecule has 1 atom stereocenters. The van der Waals surface area contributed by atoms with Crippen molar-refractivity contribution in [1.82, 2.24) is 9.21 Å². The largest absolute Gasteiger partial charge is 0.289 e. The van der Waals surface area contributed by atoms with Gasteiger partial charge in [0.15, 0.2) is 0 Å². The molecule has 2 aliphatic rings. The van der Waals surface area contributed by atoms with Crippen molar-refractivity contribution >= 4 is 44.5 Å². The van der Waals surface area contributed by atoms with Crippen molar-refractivity contribution in [3.05, 3.63) is 53.6 Å². The van der Waals surface area contributed by atoms with Crippen molar-refractivity contribution in [3.63, 3.8) is 0 Å². The van der Waals surface area contributed by atoms with Crippen LogP contribution < -0.4 is 0 Å². The third-order valence-electron chi connectivity index (χ3n) is 4.93. The second-order valence-corrected chi connectivity index (χ2v) is 9.96. The lowest BCUT2D eigenvalue weighted by Gasteiger charge is -2.22. The van der Waals surface area contributed by atoms with Crippen LogP contribution in [0.25, 0.3) is 11.1 Å². The zero-order chi connectivity index (χ0) is 19.9. The zero-order valence-electron chi connectivity index (χ0n) is 14.7. The molecule has 0 radical (unpaired) electrons. The van der Waals surface area contributed by atoms with Crippen LogP contribution in [0.1, 0.15) is 6.42 Å². The van der Waals surface area contributed by atoms with Crippen LogP contribution in [0.3, 0.4) is 0 Å². The first kappa shape index (κ1) is 19.4. The van der Waals surface area contributed by atoms with Crippen LogP contribution in [-0.2, 0) is 14.8 Å². The molecule has 2 aromatic carbocycles. The van der Waals surface area contributed by atoms with Gasteiger partial charge in [-0.15, -0.1) is 0 Å². The average Bonchev–Trinajstić information content (AvgIpc) is 3.29. The Labute approximate surface area is 172 Å². The number of thioether (sulfide) groups is 1. The van der Waals surface area contributed by atoms with Gasteiger partial charge in [-0.25, -0.2) is 8.42 Å². The molecular weight excluding hydrogens is 420 g/mol. The molecule has 9 heteroatoms. The molecule has 1 unspecified atom stereocenters. The van der Waals surface area contributed by atoms with Crippen LogP contribution in [0, 0.1) is 0 Å². The van der Waals surface area contributed by atoms with Crippen LogP contribution in [-0.4, -0.2) is 53.7 Å². The summed E-state index contributed by atoms with van der Waals surface area (Å²) in [6.45, 7) is 0.408. The van der Waals surface area contributed by atoms with Gasteiger partial charge < -0.3 is 0 Å². The first-order valence-electron chi connectivity index (χ1n) is 8.71.